The van der Waals surface area contributed by atoms with E-state index in [1.165, 1.54) is 243 Å². The Morgan fingerprint density at radius 3 is 0.653 bits per heavy atom. The Kier molecular flexibility index (Phi) is 27.0. The number of hydrogen-bond acceptors (Lipinski definition) is 4. The van der Waals surface area contributed by atoms with Crippen LogP contribution in [-0.4, -0.2) is 0 Å². The van der Waals surface area contributed by atoms with Crippen molar-refractivity contribution in [1.29, 1.82) is 0 Å². The first kappa shape index (κ1) is 92.5. The van der Waals surface area contributed by atoms with E-state index in [9.17, 15) is 0 Å². The molecule has 144 heavy (non-hydrogen) atoms. The summed E-state index contributed by atoms with van der Waals surface area (Å²) in [7, 11) is 0. The highest BCUT2D eigenvalue weighted by Gasteiger charge is 2.29. The topological polar surface area (TPSA) is 0 Å². The summed E-state index contributed by atoms with van der Waals surface area (Å²) in [5.41, 5.74) is 37.0. The van der Waals surface area contributed by atoms with Crippen LogP contribution in [0.15, 0.2) is 540 Å². The van der Waals surface area contributed by atoms with Gasteiger partial charge < -0.3 is 0 Å². The van der Waals surface area contributed by atoms with E-state index in [-0.39, 0.29) is 5.41 Å². The highest BCUT2D eigenvalue weighted by atomic mass is 32.1. The summed E-state index contributed by atoms with van der Waals surface area (Å²) in [4.78, 5) is 10.6. The van der Waals surface area contributed by atoms with Gasteiger partial charge in [-0.05, 0) is 137 Å². The molecule has 688 valence electrons. The van der Waals surface area contributed by atoms with E-state index in [0.29, 0.717) is 0 Å². The molecule has 0 nitrogen and oxygen atoms in total. The molecule has 0 unspecified atom stereocenters. The Morgan fingerprint density at radius 1 is 0.139 bits per heavy atom. The lowest BCUT2D eigenvalue weighted by Gasteiger charge is -2.25. The van der Waals surface area contributed by atoms with Gasteiger partial charge >= 0.3 is 0 Å². The molecule has 0 aliphatic heterocycles. The van der Waals surface area contributed by atoms with Gasteiger partial charge in [0.1, 0.15) is 0 Å². The van der Waals surface area contributed by atoms with Crippen molar-refractivity contribution in [2.75, 3.05) is 0 Å². The number of aryl methyl sites for hydroxylation is 2. The highest BCUT2D eigenvalue weighted by molar-refractivity contribution is 7.22. The molecule has 0 saturated heterocycles. The van der Waals surface area contributed by atoms with Crippen LogP contribution in [0, 0.1) is 13.8 Å². The van der Waals surface area contributed by atoms with Crippen LogP contribution >= 0.6 is 45.3 Å². The monoisotopic (exact) mass is 1910 g/mol. The molecule has 0 spiro atoms. The number of thiophene rings is 4. The van der Waals surface area contributed by atoms with Crippen LogP contribution in [0.5, 0.6) is 0 Å². The van der Waals surface area contributed by atoms with Gasteiger partial charge in [0, 0.05) is 127 Å². The first-order valence-corrected chi connectivity index (χ1v) is 52.7. The van der Waals surface area contributed by atoms with Gasteiger partial charge in [-0.15, -0.1) is 45.3 Å². The van der Waals surface area contributed by atoms with E-state index in [2.05, 4.69) is 575 Å². The number of fused-ring (bicyclic) bond motifs is 4. The van der Waals surface area contributed by atoms with Gasteiger partial charge in [-0.1, -0.05) is 560 Å². The lowest BCUT2D eigenvalue weighted by molar-refractivity contribution is 0.592. The average Bonchev–Trinajstić information content (AvgIpc) is 1.72. The zero-order valence-electron chi connectivity index (χ0n) is 81.0. The highest BCUT2D eigenvalue weighted by Crippen LogP contribution is 2.57. The molecule has 0 N–H and O–H groups in total. The van der Waals surface area contributed by atoms with Crippen LogP contribution in [0.1, 0.15) is 37.5 Å². The van der Waals surface area contributed by atoms with Gasteiger partial charge in [0.2, 0.25) is 0 Å². The van der Waals surface area contributed by atoms with Crippen molar-refractivity contribution in [3.63, 3.8) is 0 Å². The zero-order chi connectivity index (χ0) is 97.2. The molecule has 0 fully saturated rings. The fraction of sp³-hybridized carbons (Fsp3) is 0.0429. The smallest absolute Gasteiger partial charge is 0.0437 e. The predicted molar refractivity (Wildman–Crippen MR) is 628 cm³/mol. The lowest BCUT2D eigenvalue weighted by Crippen LogP contribution is -2.13. The van der Waals surface area contributed by atoms with Crippen molar-refractivity contribution < 1.29 is 0 Å². The van der Waals surface area contributed by atoms with Gasteiger partial charge in [-0.3, -0.25) is 0 Å². The molecule has 0 amide bonds. The second-order valence-corrected chi connectivity index (χ2v) is 41.5. The molecular weight excluding hydrogens is 1810 g/mol. The number of benzene rings is 21. The summed E-state index contributed by atoms with van der Waals surface area (Å²) in [6.07, 6.45) is 0. The molecular formula is C140H104S4. The van der Waals surface area contributed by atoms with Crippen LogP contribution in [0.3, 0.4) is 0 Å². The normalized spacial score (nSPS) is 11.2. The van der Waals surface area contributed by atoms with Gasteiger partial charge in [-0.2, -0.15) is 0 Å². The predicted octanol–water partition coefficient (Wildman–Crippen LogP) is 41.9. The SMILES string of the molecule is CC(C)(C)c1cccc(-c2ccccc2)c1-c1sc(-c2ccccc2-c2ccccc2)c2ccccc12.Cc1ccc(-c2ccccc2)c(-c2sc(-c3ccccc3-c3ccccc3)c3ccccc23)c1.Cc1cccc(-c2ccccc2)c1-c1sc(-c2ccccc2-c2ccccc2)c2ccccc12.c1ccc(-c2ccccc2-c2sc(-c3cccc(-c4ccccc4)c3-c3ccccc3)c3ccccc23)cc1. The van der Waals surface area contributed by atoms with Gasteiger partial charge in [0.05, 0.1) is 0 Å². The van der Waals surface area contributed by atoms with Crippen molar-refractivity contribution in [1.82, 2.24) is 0 Å². The van der Waals surface area contributed by atoms with Crippen LogP contribution < -0.4 is 0 Å². The minimum absolute atomic E-state index is 0.00727. The van der Waals surface area contributed by atoms with Crippen molar-refractivity contribution in [2.45, 2.75) is 40.0 Å². The van der Waals surface area contributed by atoms with Gasteiger partial charge in [0.15, 0.2) is 0 Å². The summed E-state index contributed by atoms with van der Waals surface area (Å²) in [6.45, 7) is 11.4. The number of rotatable bonds is 17. The van der Waals surface area contributed by atoms with Crippen LogP contribution in [0.2, 0.25) is 0 Å². The van der Waals surface area contributed by atoms with E-state index >= 15 is 0 Å². The average molecular weight is 1910 g/mol. The summed E-state index contributed by atoms with van der Waals surface area (Å²) in [6, 6.07) is 194. The minimum Gasteiger partial charge on any atom is -0.134 e. The molecule has 0 aliphatic carbocycles. The number of hydrogen-bond donors (Lipinski definition) is 0. The molecule has 0 atom stereocenters. The zero-order valence-corrected chi connectivity index (χ0v) is 84.3. The summed E-state index contributed by atoms with van der Waals surface area (Å²) in [5, 5.41) is 10.5. The third-order valence-electron chi connectivity index (χ3n) is 27.2. The lowest BCUT2D eigenvalue weighted by atomic mass is 9.80. The summed E-state index contributed by atoms with van der Waals surface area (Å²) in [5.74, 6) is 0. The van der Waals surface area contributed by atoms with Gasteiger partial charge in [-0.25, -0.2) is 0 Å². The largest absolute Gasteiger partial charge is 0.134 e. The van der Waals surface area contributed by atoms with E-state index < -0.39 is 0 Å². The Hall–Kier alpha value is -16.5. The fourth-order valence-corrected chi connectivity index (χ4v) is 26.0. The first-order valence-electron chi connectivity index (χ1n) is 49.4. The Balaban J connectivity index is 0.000000110. The second-order valence-electron chi connectivity index (χ2n) is 37.5. The maximum absolute atomic E-state index is 2.34. The Labute approximate surface area is 861 Å². The molecule has 4 heteroatoms. The molecule has 25 aromatic rings. The first-order chi connectivity index (χ1) is 71.0. The maximum Gasteiger partial charge on any atom is 0.0437 e. The summed E-state index contributed by atoms with van der Waals surface area (Å²) < 4.78 is 0. The quantitative estimate of drug-likeness (QED) is 0.0852. The fourth-order valence-electron chi connectivity index (χ4n) is 20.5. The maximum atomic E-state index is 2.34. The van der Waals surface area contributed by atoms with Crippen LogP contribution in [0.4, 0.5) is 0 Å². The van der Waals surface area contributed by atoms with Crippen LogP contribution in [0.25, 0.3) is 227 Å². The van der Waals surface area contributed by atoms with E-state index in [0.717, 1.165) is 0 Å². The molecule has 4 aromatic heterocycles. The summed E-state index contributed by atoms with van der Waals surface area (Å²) >= 11 is 7.64. The van der Waals surface area contributed by atoms with Crippen molar-refractivity contribution in [3.8, 4) is 184 Å². The molecule has 21 aromatic carbocycles. The van der Waals surface area contributed by atoms with Crippen molar-refractivity contribution >= 4 is 88.4 Å². The third-order valence-corrected chi connectivity index (χ3v) is 32.4. The molecule has 0 saturated carbocycles. The van der Waals surface area contributed by atoms with Crippen molar-refractivity contribution in [2.24, 2.45) is 0 Å². The second kappa shape index (κ2) is 42.1. The molecule has 4 heterocycles. The van der Waals surface area contributed by atoms with E-state index in [1.54, 1.807) is 0 Å². The standard InChI is InChI=1S/C38H26S.C36H30S.2C33H24S/c1-4-15-27(16-5-1)30-21-10-11-22-32(30)37-33-23-12-13-24-34(33)38(39-37)35-26-14-25-31(28-17-6-2-7-18-28)36(35)29-19-8-3-9-20-29;1-36(2,3)32-24-14-23-28(26-17-8-5-9-18-26)33(32)35-31-22-13-12-21-30(31)34(37-35)29-20-11-10-19-27(29)25-15-6-4-7-16-25;1-23-13-12-22-27(25-16-6-3-7-17-25)31(23)33-30-21-11-10-20-29(30)32(34-33)28-19-9-8-18-26(28)24-14-4-2-5-15-24;1-23-20-21-27(25-14-6-3-7-15-25)31(22-23)33-30-19-11-10-18-29(30)32(34-33)28-17-9-8-16-26(28)24-12-4-2-5-13-24/h1-26H;4-24H,1-3H3;2*2-22H,1H3. The third kappa shape index (κ3) is 18.9. The Bertz CT molecular complexity index is 8800. The molecule has 25 rings (SSSR count). The van der Waals surface area contributed by atoms with Gasteiger partial charge in [0.25, 0.3) is 0 Å². The van der Waals surface area contributed by atoms with Crippen molar-refractivity contribution in [3.05, 3.63) is 557 Å². The van der Waals surface area contributed by atoms with E-state index in [1.807, 2.05) is 45.3 Å². The minimum atomic E-state index is 0.00727. The molecule has 0 bridgehead atoms. The molecule has 0 radical (unpaired) electrons. The van der Waals surface area contributed by atoms with E-state index in [4.69, 9.17) is 0 Å². The Morgan fingerprint density at radius 2 is 0.340 bits per heavy atom. The molecule has 0 aliphatic rings. The van der Waals surface area contributed by atoms with Crippen LogP contribution in [-0.2, 0) is 5.41 Å².